The Hall–Kier alpha value is -1.56. The molecule has 1 aliphatic heterocycles. The first-order chi connectivity index (χ1) is 10.8. The maximum atomic E-state index is 12.6. The van der Waals surface area contributed by atoms with E-state index in [0.717, 1.165) is 5.69 Å². The van der Waals surface area contributed by atoms with Gasteiger partial charge in [0.1, 0.15) is 6.04 Å². The number of nitrogens with zero attached hydrogens (tertiary/aromatic N) is 2. The number of aromatic nitrogens is 1. The molecule has 126 valence electrons. The lowest BCUT2D eigenvalue weighted by atomic mass is 9.91. The zero-order chi connectivity index (χ0) is 17.0. The molecule has 1 aliphatic rings. The second-order valence-electron chi connectivity index (χ2n) is 7.10. The Morgan fingerprint density at radius 3 is 2.78 bits per heavy atom. The zero-order valence-corrected chi connectivity index (χ0v) is 15.0. The molecular weight excluding hydrogens is 310 g/mol. The molecule has 6 heteroatoms. The van der Waals surface area contributed by atoms with Crippen LogP contribution in [-0.4, -0.2) is 39.4 Å². The van der Waals surface area contributed by atoms with Crippen LogP contribution < -0.4 is 5.32 Å². The predicted molar refractivity (Wildman–Crippen MR) is 92.8 cm³/mol. The maximum Gasteiger partial charge on any atom is 0.244 e. The van der Waals surface area contributed by atoms with E-state index in [0.29, 0.717) is 18.1 Å². The Morgan fingerprint density at radius 2 is 2.17 bits per heavy atom. The Kier molecular flexibility index (Phi) is 5.68. The second-order valence-corrected chi connectivity index (χ2v) is 8.10. The highest BCUT2D eigenvalue weighted by Crippen LogP contribution is 2.27. The first-order valence-electron chi connectivity index (χ1n) is 7.86. The topological polar surface area (TPSA) is 62.3 Å². The monoisotopic (exact) mass is 335 g/mol. The van der Waals surface area contributed by atoms with Gasteiger partial charge < -0.3 is 10.2 Å². The van der Waals surface area contributed by atoms with Crippen molar-refractivity contribution in [2.75, 3.05) is 11.6 Å². The van der Waals surface area contributed by atoms with Crippen LogP contribution in [0.25, 0.3) is 0 Å². The molecule has 2 heterocycles. The number of carbonyl (C=O) groups excluding carboxylic acids is 2. The molecule has 2 rings (SSSR count). The fourth-order valence-electron chi connectivity index (χ4n) is 2.48. The van der Waals surface area contributed by atoms with Crippen LogP contribution in [0, 0.1) is 5.41 Å². The summed E-state index contributed by atoms with van der Waals surface area (Å²) in [6.45, 7) is 8.01. The molecule has 1 aromatic heterocycles. The van der Waals surface area contributed by atoms with Gasteiger partial charge in [-0.2, -0.15) is 0 Å². The number of amides is 2. The number of carbonyl (C=O) groups is 2. The number of nitrogens with one attached hydrogen (secondary N) is 1. The summed E-state index contributed by atoms with van der Waals surface area (Å²) in [6.07, 6.45) is 2.16. The molecule has 0 radical (unpaired) electrons. The van der Waals surface area contributed by atoms with E-state index >= 15 is 0 Å². The van der Waals surface area contributed by atoms with E-state index in [1.54, 1.807) is 22.9 Å². The summed E-state index contributed by atoms with van der Waals surface area (Å²) in [5.74, 6) is 1.19. The summed E-state index contributed by atoms with van der Waals surface area (Å²) >= 11 is 1.62. The van der Waals surface area contributed by atoms with Crippen molar-refractivity contribution in [3.05, 3.63) is 30.1 Å². The summed E-state index contributed by atoms with van der Waals surface area (Å²) in [7, 11) is 0. The van der Waals surface area contributed by atoms with Gasteiger partial charge in [-0.3, -0.25) is 14.6 Å². The molecule has 1 fully saturated rings. The van der Waals surface area contributed by atoms with Gasteiger partial charge in [-0.1, -0.05) is 26.8 Å². The average molecular weight is 335 g/mol. The Bertz CT molecular complexity index is 557. The van der Waals surface area contributed by atoms with Gasteiger partial charge in [0, 0.05) is 18.4 Å². The summed E-state index contributed by atoms with van der Waals surface area (Å²) in [5, 5.41) is 2.98. The molecule has 1 saturated heterocycles. The quantitative estimate of drug-likeness (QED) is 0.919. The fourth-order valence-corrected chi connectivity index (χ4v) is 3.66. The average Bonchev–Trinajstić information content (AvgIpc) is 2.96. The van der Waals surface area contributed by atoms with Crippen molar-refractivity contribution >= 4 is 23.6 Å². The van der Waals surface area contributed by atoms with Gasteiger partial charge in [-0.15, -0.1) is 11.8 Å². The molecule has 2 atom stereocenters. The van der Waals surface area contributed by atoms with Gasteiger partial charge >= 0.3 is 0 Å². The normalized spacial score (nSPS) is 19.5. The highest BCUT2D eigenvalue weighted by Gasteiger charge is 2.36. The van der Waals surface area contributed by atoms with Crippen molar-refractivity contribution in [2.24, 2.45) is 5.41 Å². The Morgan fingerprint density at radius 1 is 1.43 bits per heavy atom. The molecule has 1 N–H and O–H groups in total. The maximum absolute atomic E-state index is 12.6. The third-order valence-electron chi connectivity index (χ3n) is 3.68. The first kappa shape index (κ1) is 17.8. The van der Waals surface area contributed by atoms with E-state index in [-0.39, 0.29) is 29.3 Å². The Labute approximate surface area is 142 Å². The van der Waals surface area contributed by atoms with E-state index in [9.17, 15) is 9.59 Å². The van der Waals surface area contributed by atoms with E-state index < -0.39 is 0 Å². The number of hydrogen-bond acceptors (Lipinski definition) is 4. The molecule has 0 spiro atoms. The minimum absolute atomic E-state index is 0.0492. The van der Waals surface area contributed by atoms with Gasteiger partial charge in [0.15, 0.2) is 0 Å². The molecular formula is C17H25N3O2S. The molecule has 0 saturated carbocycles. The minimum Gasteiger partial charge on any atom is -0.346 e. The van der Waals surface area contributed by atoms with Crippen LogP contribution in [0.1, 0.15) is 45.9 Å². The van der Waals surface area contributed by atoms with E-state index in [4.69, 9.17) is 0 Å². The molecule has 23 heavy (non-hydrogen) atoms. The molecule has 1 aromatic rings. The molecule has 0 unspecified atom stereocenters. The summed E-state index contributed by atoms with van der Waals surface area (Å²) in [6, 6.07) is 5.07. The van der Waals surface area contributed by atoms with Crippen molar-refractivity contribution < 1.29 is 9.59 Å². The van der Waals surface area contributed by atoms with Crippen molar-refractivity contribution in [3.8, 4) is 0 Å². The van der Waals surface area contributed by atoms with Gasteiger partial charge in [0.25, 0.3) is 0 Å². The van der Waals surface area contributed by atoms with Crippen LogP contribution in [-0.2, 0) is 9.59 Å². The second kappa shape index (κ2) is 7.34. The predicted octanol–water partition coefficient (Wildman–Crippen LogP) is 2.60. The van der Waals surface area contributed by atoms with Crippen LogP contribution in [0.15, 0.2) is 24.4 Å². The number of pyridine rings is 1. The Balaban J connectivity index is 1.99. The number of hydrogen-bond donors (Lipinski definition) is 1. The van der Waals surface area contributed by atoms with Crippen LogP contribution in [0.5, 0.6) is 0 Å². The van der Waals surface area contributed by atoms with Crippen LogP contribution in [0.2, 0.25) is 0 Å². The zero-order valence-electron chi connectivity index (χ0n) is 14.2. The van der Waals surface area contributed by atoms with Crippen molar-refractivity contribution in [1.82, 2.24) is 15.2 Å². The van der Waals surface area contributed by atoms with E-state index in [1.807, 2.05) is 45.9 Å². The molecule has 5 nitrogen and oxygen atoms in total. The van der Waals surface area contributed by atoms with Gasteiger partial charge in [-0.25, -0.2) is 0 Å². The van der Waals surface area contributed by atoms with Crippen LogP contribution in [0.3, 0.4) is 0 Å². The lowest BCUT2D eigenvalue weighted by Gasteiger charge is -2.27. The lowest BCUT2D eigenvalue weighted by Crippen LogP contribution is -2.48. The van der Waals surface area contributed by atoms with E-state index in [1.165, 1.54) is 0 Å². The highest BCUT2D eigenvalue weighted by atomic mass is 32.2. The third kappa shape index (κ3) is 4.96. The summed E-state index contributed by atoms with van der Waals surface area (Å²) in [4.78, 5) is 31.0. The largest absolute Gasteiger partial charge is 0.346 e. The van der Waals surface area contributed by atoms with E-state index in [2.05, 4.69) is 10.3 Å². The van der Waals surface area contributed by atoms with Crippen LogP contribution >= 0.6 is 11.8 Å². The van der Waals surface area contributed by atoms with Crippen molar-refractivity contribution in [3.63, 3.8) is 0 Å². The molecule has 2 amide bonds. The lowest BCUT2D eigenvalue weighted by molar-refractivity contribution is -0.139. The summed E-state index contributed by atoms with van der Waals surface area (Å²) < 4.78 is 0. The summed E-state index contributed by atoms with van der Waals surface area (Å²) in [5.41, 5.74) is 0.742. The molecule has 0 aromatic carbocycles. The van der Waals surface area contributed by atoms with Gasteiger partial charge in [-0.05, 0) is 24.5 Å². The standard InChI is InChI=1S/C17H25N3O2S/c1-12(13-7-5-6-8-18-13)19-16(22)14-10-23-11-20(14)15(21)9-17(2,3)4/h5-8,12,14H,9-11H2,1-4H3,(H,19,22)/t12-,14-/m1/s1. The molecule has 0 aliphatic carbocycles. The van der Waals surface area contributed by atoms with Gasteiger partial charge in [0.05, 0.1) is 17.6 Å². The fraction of sp³-hybridized carbons (Fsp3) is 0.588. The number of thioether (sulfide) groups is 1. The van der Waals surface area contributed by atoms with Gasteiger partial charge in [0.2, 0.25) is 11.8 Å². The highest BCUT2D eigenvalue weighted by molar-refractivity contribution is 7.99. The SMILES string of the molecule is C[C@@H](NC(=O)[C@H]1CSCN1C(=O)CC(C)(C)C)c1ccccn1. The van der Waals surface area contributed by atoms with Crippen molar-refractivity contribution in [2.45, 2.75) is 46.2 Å². The molecule has 0 bridgehead atoms. The minimum atomic E-state index is -0.388. The van der Waals surface area contributed by atoms with Crippen molar-refractivity contribution in [1.29, 1.82) is 0 Å². The number of rotatable bonds is 4. The van der Waals surface area contributed by atoms with Crippen LogP contribution in [0.4, 0.5) is 0 Å². The smallest absolute Gasteiger partial charge is 0.244 e. The first-order valence-corrected chi connectivity index (χ1v) is 9.02. The third-order valence-corrected chi connectivity index (χ3v) is 4.69.